The Labute approximate surface area is 176 Å². The van der Waals surface area contributed by atoms with Crippen LogP contribution in [0.25, 0.3) is 4.13 Å². The number of aryl methyl sites for hydroxylation is 1. The summed E-state index contributed by atoms with van der Waals surface area (Å²) in [6.45, 7) is 0.950. The second-order valence-corrected chi connectivity index (χ2v) is 11.9. The summed E-state index contributed by atoms with van der Waals surface area (Å²) >= 11 is 0. The first-order valence-corrected chi connectivity index (χ1v) is 12.7. The summed E-state index contributed by atoms with van der Waals surface area (Å²) in [6.07, 6.45) is 5.09. The lowest BCUT2D eigenvalue weighted by Gasteiger charge is -2.23. The van der Waals surface area contributed by atoms with Gasteiger partial charge >= 0.3 is 19.8 Å². The van der Waals surface area contributed by atoms with Crippen LogP contribution in [0.4, 0.5) is 26.3 Å². The zero-order valence-electron chi connectivity index (χ0n) is 16.3. The third-order valence-corrected chi connectivity index (χ3v) is 8.96. The van der Waals surface area contributed by atoms with Gasteiger partial charge in [-0.15, -0.1) is 0 Å². The van der Waals surface area contributed by atoms with E-state index in [1.165, 1.54) is 0 Å². The van der Waals surface area contributed by atoms with E-state index in [1.54, 1.807) is 21.3 Å². The van der Waals surface area contributed by atoms with Gasteiger partial charge in [-0.25, -0.2) is 21.4 Å². The van der Waals surface area contributed by atoms with Crippen LogP contribution >= 0.6 is 0 Å². The lowest BCUT2D eigenvalue weighted by molar-refractivity contribution is -0.697. The minimum absolute atomic E-state index is 0.778. The largest absolute Gasteiger partial charge is 0.500 e. The summed E-state index contributed by atoms with van der Waals surface area (Å²) in [5.41, 5.74) is -12.4. The average Bonchev–Trinajstić information content (AvgIpc) is 2.64. The Bertz CT molecular complexity index is 826. The highest BCUT2D eigenvalue weighted by Gasteiger charge is 2.47. The third-order valence-electron chi connectivity index (χ3n) is 3.39. The van der Waals surface area contributed by atoms with E-state index in [0.29, 0.717) is 0 Å². The van der Waals surface area contributed by atoms with Gasteiger partial charge in [0, 0.05) is 45.9 Å². The molecule has 0 bridgehead atoms. The molecule has 0 saturated carbocycles. The standard InChI is InChI=1S/C11H20NO3Si.C2F6NO4S2/c1-13-16(14-2,15-3)11-7-10-12-8-5-4-6-9-12;3-1(4,5)14(10,11)9-15(12,13)2(6,7)8/h4-6,8-9H,7,10-11H2,1-3H3;/q+1;-1. The molecule has 31 heavy (non-hydrogen) atoms. The van der Waals surface area contributed by atoms with Crippen molar-refractivity contribution in [3.05, 3.63) is 34.7 Å². The molecule has 0 saturated heterocycles. The summed E-state index contributed by atoms with van der Waals surface area (Å²) in [5, 5.41) is 0. The number of aromatic nitrogens is 1. The summed E-state index contributed by atoms with van der Waals surface area (Å²) in [4.78, 5) is 0. The van der Waals surface area contributed by atoms with E-state index in [1.807, 2.05) is 18.2 Å². The third kappa shape index (κ3) is 9.37. The van der Waals surface area contributed by atoms with Gasteiger partial charge in [0.1, 0.15) is 6.54 Å². The monoisotopic (exact) mass is 522 g/mol. The second kappa shape index (κ2) is 11.5. The van der Waals surface area contributed by atoms with Crippen molar-refractivity contribution in [1.29, 1.82) is 0 Å². The minimum Gasteiger partial charge on any atom is -0.421 e. The van der Waals surface area contributed by atoms with Gasteiger partial charge in [-0.05, 0) is 0 Å². The fourth-order valence-electron chi connectivity index (χ4n) is 1.83. The molecule has 0 atom stereocenters. The van der Waals surface area contributed by atoms with Crippen LogP contribution in [0.5, 0.6) is 0 Å². The van der Waals surface area contributed by atoms with Crippen LogP contribution in [0, 0.1) is 0 Å². The van der Waals surface area contributed by atoms with E-state index >= 15 is 0 Å². The molecule has 9 nitrogen and oxygen atoms in total. The van der Waals surface area contributed by atoms with E-state index in [9.17, 15) is 43.2 Å². The van der Waals surface area contributed by atoms with Crippen molar-refractivity contribution in [3.63, 3.8) is 0 Å². The Morgan fingerprint density at radius 2 is 1.19 bits per heavy atom. The highest BCUT2D eigenvalue weighted by Crippen LogP contribution is 2.36. The van der Waals surface area contributed by atoms with Crippen molar-refractivity contribution in [2.75, 3.05) is 21.3 Å². The van der Waals surface area contributed by atoms with Crippen molar-refractivity contribution in [3.8, 4) is 0 Å². The van der Waals surface area contributed by atoms with E-state index in [4.69, 9.17) is 13.3 Å². The molecule has 0 aliphatic carbocycles. The minimum atomic E-state index is -6.72. The lowest BCUT2D eigenvalue weighted by atomic mass is 10.4. The van der Waals surface area contributed by atoms with Gasteiger partial charge in [0.15, 0.2) is 32.4 Å². The van der Waals surface area contributed by atoms with Gasteiger partial charge in [-0.3, -0.25) is 0 Å². The first kappa shape index (κ1) is 29.7. The fraction of sp³-hybridized carbons (Fsp3) is 0.615. The Kier molecular flexibility index (Phi) is 11.0. The van der Waals surface area contributed by atoms with Gasteiger partial charge in [0.2, 0.25) is 0 Å². The maximum atomic E-state index is 11.4. The fourth-order valence-corrected chi connectivity index (χ4v) is 5.24. The van der Waals surface area contributed by atoms with E-state index < -0.39 is 39.9 Å². The number of hydrogen-bond donors (Lipinski definition) is 0. The normalized spacial score (nSPS) is 13.5. The zero-order chi connectivity index (χ0) is 24.6. The molecular weight excluding hydrogens is 502 g/mol. The van der Waals surface area contributed by atoms with E-state index in [-0.39, 0.29) is 0 Å². The van der Waals surface area contributed by atoms with E-state index in [0.717, 1.165) is 23.1 Å². The molecule has 1 heterocycles. The van der Waals surface area contributed by atoms with Gasteiger partial charge in [-0.2, -0.15) is 26.3 Å². The number of nitrogens with zero attached hydrogens (tertiary/aromatic N) is 2. The molecule has 18 heteroatoms. The first-order valence-electron chi connectivity index (χ1n) is 7.93. The van der Waals surface area contributed by atoms with Crippen molar-refractivity contribution in [1.82, 2.24) is 0 Å². The van der Waals surface area contributed by atoms with E-state index in [2.05, 4.69) is 17.0 Å². The van der Waals surface area contributed by atoms with Crippen molar-refractivity contribution in [2.45, 2.75) is 30.0 Å². The van der Waals surface area contributed by atoms with Crippen LogP contribution in [0.1, 0.15) is 6.42 Å². The molecule has 0 N–H and O–H groups in total. The molecule has 0 aromatic carbocycles. The molecule has 0 fully saturated rings. The Balaban J connectivity index is 0.000000582. The topological polar surface area (TPSA) is 114 Å². The summed E-state index contributed by atoms with van der Waals surface area (Å²) < 4.78 is 127. The molecule has 0 radical (unpaired) electrons. The average molecular weight is 523 g/mol. The Hall–Kier alpha value is -1.31. The summed E-state index contributed by atoms with van der Waals surface area (Å²) in [6, 6.07) is 6.88. The van der Waals surface area contributed by atoms with Crippen molar-refractivity contribution >= 4 is 28.9 Å². The van der Waals surface area contributed by atoms with Crippen LogP contribution in [-0.4, -0.2) is 58.0 Å². The van der Waals surface area contributed by atoms with Gasteiger partial charge < -0.3 is 17.4 Å². The number of hydrogen-bond acceptors (Lipinski definition) is 7. The lowest BCUT2D eigenvalue weighted by Crippen LogP contribution is -2.44. The molecule has 0 amide bonds. The SMILES string of the molecule is CO[Si](CCC[n+]1ccccc1)(OC)OC.O=S(=O)([N-]S(=O)(=O)C(F)(F)F)C(F)(F)F. The quantitative estimate of drug-likeness (QED) is 0.278. The molecular formula is C13H20F6N2O7S2Si. The Morgan fingerprint density at radius 1 is 0.806 bits per heavy atom. The summed E-state index contributed by atoms with van der Waals surface area (Å²) in [5.74, 6) is 0. The molecule has 1 rings (SSSR count). The second-order valence-electron chi connectivity index (χ2n) is 5.43. The maximum absolute atomic E-state index is 11.4. The molecule has 0 aliphatic rings. The van der Waals surface area contributed by atoms with Gasteiger partial charge in [-0.1, -0.05) is 6.07 Å². The number of halogens is 6. The molecule has 182 valence electrons. The summed E-state index contributed by atoms with van der Waals surface area (Å²) in [7, 11) is -10.9. The van der Waals surface area contributed by atoms with Crippen LogP contribution in [0.3, 0.4) is 0 Å². The molecule has 1 aromatic heterocycles. The smallest absolute Gasteiger partial charge is 0.421 e. The molecule has 0 aliphatic heterocycles. The number of rotatable bonds is 9. The van der Waals surface area contributed by atoms with Crippen molar-refractivity contribution in [2.24, 2.45) is 0 Å². The van der Waals surface area contributed by atoms with Gasteiger partial charge in [0.05, 0.1) is 0 Å². The number of pyridine rings is 1. The Morgan fingerprint density at radius 3 is 1.52 bits per heavy atom. The number of sulfonamides is 2. The van der Waals surface area contributed by atoms with Gasteiger partial charge in [0.25, 0.3) is 0 Å². The zero-order valence-corrected chi connectivity index (χ0v) is 19.0. The molecule has 0 spiro atoms. The van der Waals surface area contributed by atoms with Crippen molar-refractivity contribution < 1.29 is 61.0 Å². The highest BCUT2D eigenvalue weighted by atomic mass is 32.3. The molecule has 1 aromatic rings. The highest BCUT2D eigenvalue weighted by molar-refractivity contribution is 8.13. The van der Waals surface area contributed by atoms with Crippen LogP contribution < -0.4 is 4.57 Å². The number of alkyl halides is 6. The maximum Gasteiger partial charge on any atom is 0.500 e. The molecule has 0 unspecified atom stereocenters. The predicted octanol–water partition coefficient (Wildman–Crippen LogP) is 2.30. The first-order chi connectivity index (χ1) is 14.0. The van der Waals surface area contributed by atoms with Crippen LogP contribution in [-0.2, 0) is 39.9 Å². The predicted molar refractivity (Wildman–Crippen MR) is 96.2 cm³/mol. The van der Waals surface area contributed by atoms with Crippen LogP contribution in [0.15, 0.2) is 30.6 Å². The van der Waals surface area contributed by atoms with Crippen LogP contribution in [0.2, 0.25) is 6.04 Å².